The smallest absolute Gasteiger partial charge is 0.149 e. The van der Waals surface area contributed by atoms with Gasteiger partial charge in [0.25, 0.3) is 0 Å². The van der Waals surface area contributed by atoms with E-state index in [0.29, 0.717) is 0 Å². The minimum absolute atomic E-state index is 0.183. The standard InChI is InChI=1S/C24H21N7/c25-24(9-3-10-24)17-5-7-18(8-6-17)31-21(20-4-1-2-11-26-20)12-19-22(16-13-29-30-14-16)27-15-28-23(19)31/h1-2,4-8,11-15H,3,9-10,25H2,(H,29,30). The predicted octanol–water partition coefficient (Wildman–Crippen LogP) is 4.21. The molecule has 1 fully saturated rings. The number of fused-ring (bicyclic) bond motifs is 1. The van der Waals surface area contributed by atoms with Crippen molar-refractivity contribution >= 4 is 11.0 Å². The van der Waals surface area contributed by atoms with Crippen LogP contribution in [0.2, 0.25) is 0 Å². The number of pyridine rings is 1. The number of aromatic nitrogens is 6. The van der Waals surface area contributed by atoms with Crippen LogP contribution in [-0.4, -0.2) is 29.7 Å². The zero-order valence-corrected chi connectivity index (χ0v) is 16.9. The summed E-state index contributed by atoms with van der Waals surface area (Å²) in [5.74, 6) is 0. The first-order chi connectivity index (χ1) is 15.2. The number of nitrogens with zero attached hydrogens (tertiary/aromatic N) is 5. The molecule has 7 nitrogen and oxygen atoms in total. The second-order valence-electron chi connectivity index (χ2n) is 8.08. The number of rotatable bonds is 4. The van der Waals surface area contributed by atoms with E-state index in [-0.39, 0.29) is 5.54 Å². The van der Waals surface area contributed by atoms with Gasteiger partial charge < -0.3 is 5.73 Å². The van der Waals surface area contributed by atoms with E-state index in [0.717, 1.165) is 52.2 Å². The summed E-state index contributed by atoms with van der Waals surface area (Å²) in [7, 11) is 0. The summed E-state index contributed by atoms with van der Waals surface area (Å²) in [6.45, 7) is 0. The van der Waals surface area contributed by atoms with Crippen molar-refractivity contribution in [1.29, 1.82) is 0 Å². The largest absolute Gasteiger partial charge is 0.321 e. The maximum atomic E-state index is 6.53. The number of hydrogen-bond donors (Lipinski definition) is 2. The van der Waals surface area contributed by atoms with E-state index >= 15 is 0 Å². The molecule has 1 saturated carbocycles. The molecule has 4 aromatic heterocycles. The summed E-state index contributed by atoms with van der Waals surface area (Å²) in [6, 6.07) is 16.5. The molecule has 0 amide bonds. The minimum atomic E-state index is -0.183. The predicted molar refractivity (Wildman–Crippen MR) is 119 cm³/mol. The molecule has 152 valence electrons. The summed E-state index contributed by atoms with van der Waals surface area (Å²) in [4.78, 5) is 13.8. The molecule has 5 aromatic rings. The number of aromatic amines is 1. The molecule has 0 saturated heterocycles. The second kappa shape index (κ2) is 6.85. The van der Waals surface area contributed by atoms with Crippen LogP contribution in [0.3, 0.4) is 0 Å². The highest BCUT2D eigenvalue weighted by atomic mass is 15.1. The number of H-pyrrole nitrogens is 1. The fourth-order valence-corrected chi connectivity index (χ4v) is 4.38. The summed E-state index contributed by atoms with van der Waals surface area (Å²) in [5, 5.41) is 7.90. The Morgan fingerprint density at radius 3 is 2.55 bits per heavy atom. The van der Waals surface area contributed by atoms with E-state index in [1.807, 2.05) is 24.4 Å². The van der Waals surface area contributed by atoms with Gasteiger partial charge >= 0.3 is 0 Å². The summed E-state index contributed by atoms with van der Waals surface area (Å²) >= 11 is 0. The van der Waals surface area contributed by atoms with Crippen LogP contribution in [0, 0.1) is 0 Å². The van der Waals surface area contributed by atoms with Crippen molar-refractivity contribution in [2.45, 2.75) is 24.8 Å². The normalized spacial score (nSPS) is 15.1. The van der Waals surface area contributed by atoms with Gasteiger partial charge in [-0.25, -0.2) is 9.97 Å². The van der Waals surface area contributed by atoms with Crippen LogP contribution in [0.15, 0.2) is 73.4 Å². The molecule has 0 spiro atoms. The van der Waals surface area contributed by atoms with Crippen molar-refractivity contribution in [3.05, 3.63) is 79.0 Å². The van der Waals surface area contributed by atoms with Crippen molar-refractivity contribution in [3.63, 3.8) is 0 Å². The van der Waals surface area contributed by atoms with Gasteiger partial charge in [-0.1, -0.05) is 18.2 Å². The van der Waals surface area contributed by atoms with Gasteiger partial charge in [-0.05, 0) is 55.2 Å². The third-order valence-corrected chi connectivity index (χ3v) is 6.24. The van der Waals surface area contributed by atoms with Crippen LogP contribution in [0.1, 0.15) is 24.8 Å². The van der Waals surface area contributed by atoms with Gasteiger partial charge in [0, 0.05) is 34.6 Å². The molecule has 0 unspecified atom stereocenters. The monoisotopic (exact) mass is 407 g/mol. The van der Waals surface area contributed by atoms with E-state index in [1.165, 1.54) is 12.0 Å². The lowest BCUT2D eigenvalue weighted by molar-refractivity contribution is 0.253. The number of benzene rings is 1. The zero-order chi connectivity index (χ0) is 20.8. The highest BCUT2D eigenvalue weighted by molar-refractivity contribution is 5.95. The van der Waals surface area contributed by atoms with E-state index in [2.05, 4.69) is 60.0 Å². The highest BCUT2D eigenvalue weighted by Crippen LogP contribution is 2.39. The van der Waals surface area contributed by atoms with Crippen LogP contribution < -0.4 is 5.73 Å². The SMILES string of the molecule is NC1(c2ccc(-n3c(-c4ccccn4)cc4c(-c5cn[nH]c5)ncnc43)cc2)CCC1. The maximum Gasteiger partial charge on any atom is 0.149 e. The second-order valence-corrected chi connectivity index (χ2v) is 8.08. The van der Waals surface area contributed by atoms with Crippen molar-refractivity contribution < 1.29 is 0 Å². The molecule has 0 bridgehead atoms. The van der Waals surface area contributed by atoms with Crippen LogP contribution in [0.4, 0.5) is 0 Å². The summed E-state index contributed by atoms with van der Waals surface area (Å²) < 4.78 is 2.14. The van der Waals surface area contributed by atoms with Crippen molar-refractivity contribution in [3.8, 4) is 28.3 Å². The van der Waals surface area contributed by atoms with E-state index in [1.54, 1.807) is 18.7 Å². The molecule has 0 aliphatic heterocycles. The molecule has 7 heteroatoms. The minimum Gasteiger partial charge on any atom is -0.321 e. The fourth-order valence-electron chi connectivity index (χ4n) is 4.38. The average molecular weight is 407 g/mol. The number of hydrogen-bond acceptors (Lipinski definition) is 5. The first-order valence-electron chi connectivity index (χ1n) is 10.4. The van der Waals surface area contributed by atoms with Crippen LogP contribution in [0.5, 0.6) is 0 Å². The lowest BCUT2D eigenvalue weighted by Crippen LogP contribution is -2.43. The summed E-state index contributed by atoms with van der Waals surface area (Å²) in [6.07, 6.45) is 10.3. The van der Waals surface area contributed by atoms with Crippen molar-refractivity contribution in [1.82, 2.24) is 29.7 Å². The molecule has 4 heterocycles. The Balaban J connectivity index is 1.58. The van der Waals surface area contributed by atoms with Gasteiger partial charge in [-0.15, -0.1) is 0 Å². The van der Waals surface area contributed by atoms with Crippen LogP contribution >= 0.6 is 0 Å². The van der Waals surface area contributed by atoms with Crippen molar-refractivity contribution in [2.24, 2.45) is 5.73 Å². The molecule has 1 aromatic carbocycles. The average Bonchev–Trinajstić information content (AvgIpc) is 3.46. The Kier molecular flexibility index (Phi) is 3.97. The van der Waals surface area contributed by atoms with Gasteiger partial charge in [0.1, 0.15) is 12.0 Å². The molecular weight excluding hydrogens is 386 g/mol. The van der Waals surface area contributed by atoms with Gasteiger partial charge in [0.2, 0.25) is 0 Å². The zero-order valence-electron chi connectivity index (χ0n) is 16.9. The third-order valence-electron chi connectivity index (χ3n) is 6.24. The fraction of sp³-hybridized carbons (Fsp3) is 0.167. The van der Waals surface area contributed by atoms with Crippen molar-refractivity contribution in [2.75, 3.05) is 0 Å². The highest BCUT2D eigenvalue weighted by Gasteiger charge is 2.34. The molecule has 31 heavy (non-hydrogen) atoms. The van der Waals surface area contributed by atoms with Gasteiger partial charge in [0.05, 0.1) is 23.3 Å². The lowest BCUT2D eigenvalue weighted by Gasteiger charge is -2.38. The van der Waals surface area contributed by atoms with Crippen LogP contribution in [-0.2, 0) is 5.54 Å². The Morgan fingerprint density at radius 2 is 1.87 bits per heavy atom. The first kappa shape index (κ1) is 18.0. The summed E-state index contributed by atoms with van der Waals surface area (Å²) in [5.41, 5.74) is 13.0. The number of nitrogens with two attached hydrogens (primary N) is 1. The Morgan fingerprint density at radius 1 is 1.00 bits per heavy atom. The topological polar surface area (TPSA) is 98.3 Å². The van der Waals surface area contributed by atoms with Gasteiger partial charge in [0.15, 0.2) is 0 Å². The number of nitrogens with one attached hydrogen (secondary N) is 1. The molecule has 0 atom stereocenters. The van der Waals surface area contributed by atoms with E-state index < -0.39 is 0 Å². The lowest BCUT2D eigenvalue weighted by atomic mass is 9.73. The van der Waals surface area contributed by atoms with Gasteiger partial charge in [-0.2, -0.15) is 5.10 Å². The Hall–Kier alpha value is -3.84. The Bertz CT molecular complexity index is 1350. The molecular formula is C24H21N7. The molecule has 6 rings (SSSR count). The third kappa shape index (κ3) is 2.85. The molecule has 3 N–H and O–H groups in total. The quantitative estimate of drug-likeness (QED) is 0.465. The maximum absolute atomic E-state index is 6.53. The Labute approximate surface area is 179 Å². The van der Waals surface area contributed by atoms with E-state index in [9.17, 15) is 0 Å². The van der Waals surface area contributed by atoms with Gasteiger partial charge in [-0.3, -0.25) is 14.6 Å². The first-order valence-corrected chi connectivity index (χ1v) is 10.4. The molecule has 1 aliphatic rings. The van der Waals surface area contributed by atoms with Crippen LogP contribution in [0.25, 0.3) is 39.4 Å². The molecule has 0 radical (unpaired) electrons. The van der Waals surface area contributed by atoms with E-state index in [4.69, 9.17) is 5.73 Å². The molecule has 1 aliphatic carbocycles.